The van der Waals surface area contributed by atoms with E-state index in [0.717, 1.165) is 22.0 Å². The van der Waals surface area contributed by atoms with Gasteiger partial charge in [-0.2, -0.15) is 13.2 Å². The van der Waals surface area contributed by atoms with Crippen LogP contribution in [0.4, 0.5) is 19.0 Å². The van der Waals surface area contributed by atoms with Crippen LogP contribution in [0.25, 0.3) is 10.2 Å². The summed E-state index contributed by atoms with van der Waals surface area (Å²) in [5.74, 6) is 0.187. The lowest BCUT2D eigenvalue weighted by Gasteiger charge is -2.09. The number of carbonyl (C=O) groups excluding carboxylic acids is 1. The van der Waals surface area contributed by atoms with E-state index in [4.69, 9.17) is 16.3 Å². The minimum atomic E-state index is -4.55. The molecule has 1 N–H and O–H groups in total. The van der Waals surface area contributed by atoms with Gasteiger partial charge in [-0.3, -0.25) is 4.79 Å². The normalized spacial score (nSPS) is 11.6. The Hall–Kier alpha value is -2.04. The van der Waals surface area contributed by atoms with Gasteiger partial charge in [0.15, 0.2) is 10.2 Å². The maximum atomic E-state index is 12.6. The van der Waals surface area contributed by atoms with Crippen LogP contribution in [0.15, 0.2) is 34.8 Å². The van der Waals surface area contributed by atoms with E-state index in [2.05, 4.69) is 15.3 Å². The number of nitrogens with one attached hydrogen (secondary N) is 1. The number of pyridine rings is 1. The zero-order valence-electron chi connectivity index (χ0n) is 14.3. The van der Waals surface area contributed by atoms with E-state index >= 15 is 0 Å². The fourth-order valence-electron chi connectivity index (χ4n) is 2.18. The van der Waals surface area contributed by atoms with Crippen LogP contribution in [0.1, 0.15) is 12.5 Å². The van der Waals surface area contributed by atoms with Gasteiger partial charge in [-0.15, -0.1) is 11.3 Å². The predicted molar refractivity (Wildman–Crippen MR) is 104 cm³/mol. The number of halogens is 4. The molecule has 0 unspecified atom stereocenters. The number of hydrogen-bond donors (Lipinski definition) is 1. The standard InChI is InChI=1S/C17H13ClF3N3O2S2/c1-2-26-10-3-4-12-13(6-10)28-16(23-12)27-8-14(25)24-15-11(18)5-9(7-22-15)17(19,20)21/h3-7H,2,8H2,1H3,(H,22,24,25). The van der Waals surface area contributed by atoms with Crippen LogP contribution in [0.5, 0.6) is 5.75 Å². The zero-order valence-corrected chi connectivity index (χ0v) is 16.7. The van der Waals surface area contributed by atoms with E-state index in [-0.39, 0.29) is 16.6 Å². The molecule has 0 saturated heterocycles. The number of ether oxygens (including phenoxy) is 1. The van der Waals surface area contributed by atoms with Crippen molar-refractivity contribution in [3.05, 3.63) is 41.0 Å². The number of thiazole rings is 1. The van der Waals surface area contributed by atoms with Gasteiger partial charge in [-0.1, -0.05) is 23.4 Å². The fraction of sp³-hybridized carbons (Fsp3) is 0.235. The highest BCUT2D eigenvalue weighted by atomic mass is 35.5. The summed E-state index contributed by atoms with van der Waals surface area (Å²) in [7, 11) is 0. The Morgan fingerprint density at radius 2 is 2.14 bits per heavy atom. The van der Waals surface area contributed by atoms with Gasteiger partial charge in [-0.25, -0.2) is 9.97 Å². The van der Waals surface area contributed by atoms with Gasteiger partial charge in [0, 0.05) is 6.20 Å². The van der Waals surface area contributed by atoms with Crippen LogP contribution in [0, 0.1) is 0 Å². The van der Waals surface area contributed by atoms with Crippen molar-refractivity contribution in [2.45, 2.75) is 17.4 Å². The van der Waals surface area contributed by atoms with Crippen molar-refractivity contribution < 1.29 is 22.7 Å². The first kappa shape index (κ1) is 20.7. The van der Waals surface area contributed by atoms with Crippen LogP contribution in [-0.4, -0.2) is 28.2 Å². The van der Waals surface area contributed by atoms with E-state index in [1.807, 2.05) is 25.1 Å². The molecule has 1 amide bonds. The van der Waals surface area contributed by atoms with Gasteiger partial charge in [0.25, 0.3) is 0 Å². The number of fused-ring (bicyclic) bond motifs is 1. The molecule has 0 aliphatic carbocycles. The molecule has 5 nitrogen and oxygen atoms in total. The molecule has 0 atom stereocenters. The number of thioether (sulfide) groups is 1. The van der Waals surface area contributed by atoms with Gasteiger partial charge in [0.2, 0.25) is 5.91 Å². The first-order valence-electron chi connectivity index (χ1n) is 7.95. The number of alkyl halides is 3. The average Bonchev–Trinajstić information content (AvgIpc) is 3.03. The molecule has 148 valence electrons. The number of rotatable bonds is 6. The van der Waals surface area contributed by atoms with Crippen molar-refractivity contribution >= 4 is 56.6 Å². The quantitative estimate of drug-likeness (QED) is 0.506. The molecule has 3 rings (SSSR count). The van der Waals surface area contributed by atoms with Gasteiger partial charge in [-0.05, 0) is 31.2 Å². The summed E-state index contributed by atoms with van der Waals surface area (Å²) in [6, 6.07) is 6.27. The van der Waals surface area contributed by atoms with Crippen molar-refractivity contribution in [1.29, 1.82) is 0 Å². The van der Waals surface area contributed by atoms with Gasteiger partial charge in [0.05, 0.1) is 33.2 Å². The lowest BCUT2D eigenvalue weighted by atomic mass is 10.3. The Labute approximate surface area is 171 Å². The maximum absolute atomic E-state index is 12.6. The number of carbonyl (C=O) groups is 1. The first-order chi connectivity index (χ1) is 13.3. The molecule has 2 heterocycles. The Balaban J connectivity index is 1.62. The smallest absolute Gasteiger partial charge is 0.417 e. The molecule has 3 aromatic rings. The van der Waals surface area contributed by atoms with E-state index < -0.39 is 17.6 Å². The topological polar surface area (TPSA) is 64.1 Å². The molecule has 0 spiro atoms. The summed E-state index contributed by atoms with van der Waals surface area (Å²) in [6.45, 7) is 2.46. The lowest BCUT2D eigenvalue weighted by Crippen LogP contribution is -2.16. The maximum Gasteiger partial charge on any atom is 0.417 e. The molecule has 0 radical (unpaired) electrons. The third-order valence-electron chi connectivity index (χ3n) is 3.40. The molecule has 0 aliphatic rings. The van der Waals surface area contributed by atoms with Crippen LogP contribution in [-0.2, 0) is 11.0 Å². The van der Waals surface area contributed by atoms with Gasteiger partial charge < -0.3 is 10.1 Å². The number of hydrogen-bond acceptors (Lipinski definition) is 6. The summed E-state index contributed by atoms with van der Waals surface area (Å²) >= 11 is 8.41. The Morgan fingerprint density at radius 1 is 1.36 bits per heavy atom. The highest BCUT2D eigenvalue weighted by Gasteiger charge is 2.31. The van der Waals surface area contributed by atoms with Crippen molar-refractivity contribution in [3.63, 3.8) is 0 Å². The summed E-state index contributed by atoms with van der Waals surface area (Å²) < 4.78 is 44.9. The number of nitrogens with zero attached hydrogens (tertiary/aromatic N) is 2. The molecule has 28 heavy (non-hydrogen) atoms. The Kier molecular flexibility index (Phi) is 6.31. The number of benzene rings is 1. The second-order valence-corrected chi connectivity index (χ2v) is 8.09. The van der Waals surface area contributed by atoms with Crippen molar-refractivity contribution in [3.8, 4) is 5.75 Å². The van der Waals surface area contributed by atoms with Crippen LogP contribution in [0.3, 0.4) is 0 Å². The second kappa shape index (κ2) is 8.54. The lowest BCUT2D eigenvalue weighted by molar-refractivity contribution is -0.137. The monoisotopic (exact) mass is 447 g/mol. The largest absolute Gasteiger partial charge is 0.494 e. The molecule has 0 saturated carbocycles. The summed E-state index contributed by atoms with van der Waals surface area (Å²) in [5.41, 5.74) is -0.186. The number of aromatic nitrogens is 2. The molecule has 0 bridgehead atoms. The van der Waals surface area contributed by atoms with Crippen LogP contribution in [0.2, 0.25) is 5.02 Å². The Morgan fingerprint density at radius 3 is 2.82 bits per heavy atom. The third kappa shape index (κ3) is 5.06. The van der Waals surface area contributed by atoms with E-state index in [1.165, 1.54) is 23.1 Å². The highest BCUT2D eigenvalue weighted by molar-refractivity contribution is 8.01. The van der Waals surface area contributed by atoms with Gasteiger partial charge in [0.1, 0.15) is 5.75 Å². The molecule has 0 fully saturated rings. The minimum absolute atomic E-state index is 0.0111. The summed E-state index contributed by atoms with van der Waals surface area (Å²) in [5, 5.41) is 2.12. The minimum Gasteiger partial charge on any atom is -0.494 e. The van der Waals surface area contributed by atoms with Crippen molar-refractivity contribution in [1.82, 2.24) is 9.97 Å². The van der Waals surface area contributed by atoms with E-state index in [1.54, 1.807) is 0 Å². The molecule has 11 heteroatoms. The van der Waals surface area contributed by atoms with E-state index in [0.29, 0.717) is 17.1 Å². The SMILES string of the molecule is CCOc1ccc2nc(SCC(=O)Nc3ncc(C(F)(F)F)cc3Cl)sc2c1. The van der Waals surface area contributed by atoms with Crippen molar-refractivity contribution in [2.24, 2.45) is 0 Å². The number of anilines is 1. The second-order valence-electron chi connectivity index (χ2n) is 5.43. The molecular weight excluding hydrogens is 435 g/mol. The average molecular weight is 448 g/mol. The summed E-state index contributed by atoms with van der Waals surface area (Å²) in [6.07, 6.45) is -3.93. The van der Waals surface area contributed by atoms with E-state index in [9.17, 15) is 18.0 Å². The summed E-state index contributed by atoms with van der Waals surface area (Å²) in [4.78, 5) is 20.1. The predicted octanol–water partition coefficient (Wildman–Crippen LogP) is 5.49. The molecule has 0 aliphatic heterocycles. The fourth-order valence-corrected chi connectivity index (χ4v) is 4.29. The third-order valence-corrected chi connectivity index (χ3v) is 5.85. The number of amides is 1. The molecule has 1 aromatic carbocycles. The highest BCUT2D eigenvalue weighted by Crippen LogP contribution is 2.33. The van der Waals surface area contributed by atoms with Crippen molar-refractivity contribution in [2.75, 3.05) is 17.7 Å². The molecular formula is C17H13ClF3N3O2S2. The molecule has 2 aromatic heterocycles. The van der Waals surface area contributed by atoms with Crippen LogP contribution >= 0.6 is 34.7 Å². The first-order valence-corrected chi connectivity index (χ1v) is 10.1. The van der Waals surface area contributed by atoms with Crippen LogP contribution < -0.4 is 10.1 Å². The zero-order chi connectivity index (χ0) is 20.3. The van der Waals surface area contributed by atoms with Gasteiger partial charge >= 0.3 is 6.18 Å². The Bertz CT molecular complexity index is 1010.